The molecule has 4 nitrogen and oxygen atoms in total. The zero-order chi connectivity index (χ0) is 17.2. The van der Waals surface area contributed by atoms with Crippen molar-refractivity contribution in [2.45, 2.75) is 13.0 Å². The van der Waals surface area contributed by atoms with E-state index in [0.29, 0.717) is 12.2 Å². The van der Waals surface area contributed by atoms with Gasteiger partial charge in [0.15, 0.2) is 0 Å². The smallest absolute Gasteiger partial charge is 0.325 e. The van der Waals surface area contributed by atoms with Crippen LogP contribution in [0, 0.1) is 5.92 Å². The summed E-state index contributed by atoms with van der Waals surface area (Å²) in [5.41, 5.74) is 1.98. The van der Waals surface area contributed by atoms with Gasteiger partial charge in [-0.25, -0.2) is 0 Å². The molecule has 0 aliphatic heterocycles. The average molecular weight is 343 g/mol. The minimum atomic E-state index is -0.454. The van der Waals surface area contributed by atoms with Gasteiger partial charge in [0.1, 0.15) is 13.2 Å². The van der Waals surface area contributed by atoms with Crippen LogP contribution in [0.25, 0.3) is 0 Å². The topological polar surface area (TPSA) is 55.4 Å². The van der Waals surface area contributed by atoms with Gasteiger partial charge in [-0.2, -0.15) is 12.6 Å². The lowest BCUT2D eigenvalue weighted by Gasteiger charge is -2.14. The summed E-state index contributed by atoms with van der Waals surface area (Å²) in [7, 11) is 0. The van der Waals surface area contributed by atoms with E-state index in [1.165, 1.54) is 0 Å². The third-order valence-corrected chi connectivity index (χ3v) is 4.01. The maximum absolute atomic E-state index is 12.2. The van der Waals surface area contributed by atoms with E-state index in [9.17, 15) is 9.59 Å². The second kappa shape index (κ2) is 9.78. The Labute approximate surface area is 147 Å². The lowest BCUT2D eigenvalue weighted by Crippen LogP contribution is -2.37. The molecule has 2 aromatic carbocycles. The number of rotatable bonds is 8. The predicted octanol–water partition coefficient (Wildman–Crippen LogP) is 2.63. The van der Waals surface area contributed by atoms with Crippen LogP contribution < -0.4 is 5.32 Å². The second-order valence-corrected chi connectivity index (χ2v) is 5.80. The first-order valence-electron chi connectivity index (χ1n) is 7.81. The molecule has 0 saturated heterocycles. The third kappa shape index (κ3) is 6.08. The van der Waals surface area contributed by atoms with Crippen molar-refractivity contribution in [2.75, 3.05) is 12.3 Å². The van der Waals surface area contributed by atoms with Crippen molar-refractivity contribution in [1.82, 2.24) is 5.32 Å². The van der Waals surface area contributed by atoms with Crippen LogP contribution in [-0.2, 0) is 27.4 Å². The average Bonchev–Trinajstić information content (AvgIpc) is 2.64. The Morgan fingerprint density at radius 3 is 2.12 bits per heavy atom. The minimum absolute atomic E-state index is 0.134. The monoisotopic (exact) mass is 343 g/mol. The molecule has 0 aromatic heterocycles. The number of hydrogen-bond donors (Lipinski definition) is 2. The van der Waals surface area contributed by atoms with Gasteiger partial charge in [0.2, 0.25) is 5.91 Å². The number of hydrogen-bond acceptors (Lipinski definition) is 4. The zero-order valence-electron chi connectivity index (χ0n) is 13.4. The number of nitrogens with one attached hydrogen (secondary N) is 1. The van der Waals surface area contributed by atoms with Crippen LogP contribution in [0.15, 0.2) is 60.7 Å². The molecule has 1 atom stereocenters. The third-order valence-electron chi connectivity index (χ3n) is 3.57. The van der Waals surface area contributed by atoms with Crippen LogP contribution in [0.2, 0.25) is 0 Å². The lowest BCUT2D eigenvalue weighted by molar-refractivity contribution is -0.145. The lowest BCUT2D eigenvalue weighted by atomic mass is 10.0. The zero-order valence-corrected chi connectivity index (χ0v) is 14.2. The first-order chi connectivity index (χ1) is 11.7. The molecule has 126 valence electrons. The highest BCUT2D eigenvalue weighted by Crippen LogP contribution is 2.10. The molecule has 1 N–H and O–H groups in total. The van der Waals surface area contributed by atoms with E-state index in [-0.39, 0.29) is 25.0 Å². The molecule has 0 aliphatic carbocycles. The first-order valence-corrected chi connectivity index (χ1v) is 8.44. The number of ether oxygens (including phenoxy) is 1. The number of esters is 1. The molecule has 2 rings (SSSR count). The molecule has 2 aromatic rings. The fourth-order valence-corrected chi connectivity index (χ4v) is 2.53. The molecule has 0 bridgehead atoms. The van der Waals surface area contributed by atoms with Gasteiger partial charge in [-0.3, -0.25) is 9.59 Å². The van der Waals surface area contributed by atoms with Gasteiger partial charge in [0.25, 0.3) is 0 Å². The Morgan fingerprint density at radius 2 is 1.54 bits per heavy atom. The molecular formula is C19H21NO3S. The molecule has 0 aliphatic rings. The normalized spacial score (nSPS) is 11.5. The van der Waals surface area contributed by atoms with Crippen LogP contribution in [0.5, 0.6) is 0 Å². The first kappa shape index (κ1) is 18.1. The minimum Gasteiger partial charge on any atom is -0.460 e. The number of carbonyl (C=O) groups is 2. The largest absolute Gasteiger partial charge is 0.460 e. The van der Waals surface area contributed by atoms with Crippen LogP contribution in [0.1, 0.15) is 11.1 Å². The second-order valence-electron chi connectivity index (χ2n) is 5.43. The van der Waals surface area contributed by atoms with Crippen molar-refractivity contribution >= 4 is 24.5 Å². The summed E-state index contributed by atoms with van der Waals surface area (Å²) in [5, 5.41) is 2.63. The summed E-state index contributed by atoms with van der Waals surface area (Å²) in [6.07, 6.45) is 0.592. The summed E-state index contributed by atoms with van der Waals surface area (Å²) < 4.78 is 5.14. The van der Waals surface area contributed by atoms with Gasteiger partial charge in [-0.15, -0.1) is 0 Å². The Balaban J connectivity index is 1.75. The maximum atomic E-state index is 12.2. The van der Waals surface area contributed by atoms with Crippen molar-refractivity contribution in [2.24, 2.45) is 5.92 Å². The Morgan fingerprint density at radius 1 is 0.958 bits per heavy atom. The molecular weight excluding hydrogens is 322 g/mol. The van der Waals surface area contributed by atoms with Crippen molar-refractivity contribution in [1.29, 1.82) is 0 Å². The molecule has 5 heteroatoms. The van der Waals surface area contributed by atoms with Crippen molar-refractivity contribution in [3.8, 4) is 0 Å². The van der Waals surface area contributed by atoms with Crippen LogP contribution in [0.3, 0.4) is 0 Å². The number of thiol groups is 1. The van der Waals surface area contributed by atoms with Crippen LogP contribution in [0.4, 0.5) is 0 Å². The highest BCUT2D eigenvalue weighted by atomic mass is 32.1. The van der Waals surface area contributed by atoms with Crippen molar-refractivity contribution in [3.05, 3.63) is 71.8 Å². The molecule has 0 fully saturated rings. The van der Waals surface area contributed by atoms with Crippen LogP contribution in [-0.4, -0.2) is 24.2 Å². The van der Waals surface area contributed by atoms with Gasteiger partial charge in [-0.05, 0) is 17.5 Å². The van der Waals surface area contributed by atoms with E-state index >= 15 is 0 Å². The Kier molecular flexibility index (Phi) is 7.36. The highest BCUT2D eigenvalue weighted by molar-refractivity contribution is 7.80. The summed E-state index contributed by atoms with van der Waals surface area (Å²) in [4.78, 5) is 23.9. The summed E-state index contributed by atoms with van der Waals surface area (Å²) in [6.45, 7) is 0.0697. The number of carbonyl (C=O) groups excluding carboxylic acids is 2. The molecule has 0 unspecified atom stereocenters. The highest BCUT2D eigenvalue weighted by Gasteiger charge is 2.18. The van der Waals surface area contributed by atoms with E-state index in [0.717, 1.165) is 11.1 Å². The van der Waals surface area contributed by atoms with Crippen molar-refractivity contribution < 1.29 is 14.3 Å². The van der Waals surface area contributed by atoms with Crippen LogP contribution >= 0.6 is 12.6 Å². The van der Waals surface area contributed by atoms with Gasteiger partial charge in [-0.1, -0.05) is 60.7 Å². The van der Waals surface area contributed by atoms with E-state index < -0.39 is 5.97 Å². The predicted molar refractivity (Wildman–Crippen MR) is 96.7 cm³/mol. The Hall–Kier alpha value is -2.27. The van der Waals surface area contributed by atoms with E-state index in [1.807, 2.05) is 60.7 Å². The quantitative estimate of drug-likeness (QED) is 0.572. The van der Waals surface area contributed by atoms with E-state index in [2.05, 4.69) is 17.9 Å². The van der Waals surface area contributed by atoms with E-state index in [4.69, 9.17) is 4.74 Å². The Bertz CT molecular complexity index is 646. The fourth-order valence-electron chi connectivity index (χ4n) is 2.23. The fraction of sp³-hybridized carbons (Fsp3) is 0.263. The number of benzene rings is 2. The molecule has 24 heavy (non-hydrogen) atoms. The molecule has 0 radical (unpaired) electrons. The van der Waals surface area contributed by atoms with Gasteiger partial charge >= 0.3 is 5.97 Å². The van der Waals surface area contributed by atoms with Gasteiger partial charge in [0.05, 0.1) is 5.92 Å². The summed E-state index contributed by atoms with van der Waals surface area (Å²) >= 11 is 4.24. The van der Waals surface area contributed by atoms with Gasteiger partial charge < -0.3 is 10.1 Å². The molecule has 0 saturated carbocycles. The SMILES string of the molecule is O=C(CNC(=O)[C@@H](CS)Cc1ccccc1)OCc1ccccc1. The van der Waals surface area contributed by atoms with E-state index in [1.54, 1.807) is 0 Å². The number of amides is 1. The summed E-state index contributed by atoms with van der Waals surface area (Å²) in [5.74, 6) is -0.507. The molecule has 0 heterocycles. The van der Waals surface area contributed by atoms with Gasteiger partial charge in [0, 0.05) is 5.75 Å². The van der Waals surface area contributed by atoms with Crippen molar-refractivity contribution in [3.63, 3.8) is 0 Å². The maximum Gasteiger partial charge on any atom is 0.325 e. The standard InChI is InChI=1S/C19H21NO3S/c21-18(23-13-16-9-5-2-6-10-16)12-20-19(22)17(14-24)11-15-7-3-1-4-8-15/h1-10,17,24H,11-14H2,(H,20,22)/t17-/m1/s1. The molecule has 0 spiro atoms. The molecule has 1 amide bonds. The summed E-state index contributed by atoms with van der Waals surface area (Å²) in [6, 6.07) is 19.2.